The number of amides is 9. The van der Waals surface area contributed by atoms with Crippen LogP contribution in [0.25, 0.3) is 0 Å². The first-order chi connectivity index (χ1) is 54.5. The van der Waals surface area contributed by atoms with Gasteiger partial charge in [-0.3, -0.25) is 57.5 Å². The quantitative estimate of drug-likeness (QED) is 0.0275. The fraction of sp³-hybridized carbons (Fsp3) is 0.818. The summed E-state index contributed by atoms with van der Waals surface area (Å²) in [6.45, 7) is 58.1. The Morgan fingerprint density at radius 2 is 0.442 bits per heavy atom. The summed E-state index contributed by atoms with van der Waals surface area (Å²) in [5, 5.41) is 75.6. The van der Waals surface area contributed by atoms with Crippen molar-refractivity contribution in [1.82, 2.24) is 46.6 Å². The number of rotatable bonds is 37. The van der Waals surface area contributed by atoms with Gasteiger partial charge in [0, 0.05) is 89.5 Å². The van der Waals surface area contributed by atoms with Crippen molar-refractivity contribution in [2.24, 2.45) is 71.0 Å². The third-order valence-electron chi connectivity index (χ3n) is 17.2. The molecule has 13 N–H and O–H groups in total. The maximum absolute atomic E-state index is 11.6. The normalized spacial score (nSPS) is 15.9. The lowest BCUT2D eigenvalue weighted by molar-refractivity contribution is -0.148. The van der Waals surface area contributed by atoms with E-state index in [1.807, 2.05) is 148 Å². The molecule has 120 heavy (non-hydrogen) atoms. The van der Waals surface area contributed by atoms with Crippen LogP contribution >= 0.6 is 0 Å². The fourth-order valence-corrected chi connectivity index (χ4v) is 11.5. The summed E-state index contributed by atoms with van der Waals surface area (Å²) >= 11 is 0. The van der Waals surface area contributed by atoms with E-state index in [1.54, 1.807) is 0 Å². The third-order valence-corrected chi connectivity index (χ3v) is 17.2. The third kappa shape index (κ3) is 72.3. The van der Waals surface area contributed by atoms with E-state index < -0.39 is 84.1 Å². The van der Waals surface area contributed by atoms with E-state index in [1.165, 1.54) is 51.4 Å². The van der Waals surface area contributed by atoms with Gasteiger partial charge >= 0.3 is 41.8 Å². The van der Waals surface area contributed by atoms with Crippen LogP contribution in [0.3, 0.4) is 0 Å². The van der Waals surface area contributed by atoms with Gasteiger partial charge in [-0.1, -0.05) is 174 Å². The molecular weight excluding hydrogens is 1550 g/mol. The van der Waals surface area contributed by atoms with Crippen molar-refractivity contribution >= 4 is 94.9 Å². The fourth-order valence-electron chi connectivity index (χ4n) is 11.5. The van der Waals surface area contributed by atoms with Crippen molar-refractivity contribution in [2.45, 2.75) is 378 Å². The van der Waals surface area contributed by atoms with Gasteiger partial charge in [-0.15, -0.1) is 0 Å². The van der Waals surface area contributed by atoms with Crippen molar-refractivity contribution in [3.63, 3.8) is 0 Å². The summed E-state index contributed by atoms with van der Waals surface area (Å²) < 4.78 is 0. The second-order valence-corrected chi connectivity index (χ2v) is 36.3. The average Bonchev–Trinajstić information content (AvgIpc) is 1.71. The van der Waals surface area contributed by atoms with E-state index in [0.29, 0.717) is 126 Å². The van der Waals surface area contributed by atoms with Gasteiger partial charge in [0.05, 0.1) is 0 Å². The zero-order valence-electron chi connectivity index (χ0n) is 78.0. The monoisotopic (exact) mass is 1720 g/mol. The highest BCUT2D eigenvalue weighted by atomic mass is 16.4. The number of carbonyl (C=O) groups excluding carboxylic acids is 9. The number of hydrogen-bond acceptors (Lipinski definition) is 16. The molecule has 3 saturated heterocycles. The molecule has 0 aliphatic carbocycles. The zero-order chi connectivity index (χ0) is 94.2. The van der Waals surface area contributed by atoms with Gasteiger partial charge in [0.25, 0.3) is 0 Å². The topological polar surface area (TPSA) is 497 Å². The van der Waals surface area contributed by atoms with E-state index in [9.17, 15) is 76.7 Å². The molecule has 9 atom stereocenters. The van der Waals surface area contributed by atoms with Crippen LogP contribution in [-0.2, 0) is 76.7 Å². The summed E-state index contributed by atoms with van der Waals surface area (Å²) in [6, 6.07) is -4.26. The smallest absolute Gasteiger partial charge is 0.326 e. The van der Waals surface area contributed by atoms with Gasteiger partial charge in [0.1, 0.15) is 42.3 Å². The van der Waals surface area contributed by atoms with Crippen molar-refractivity contribution < 1.29 is 112 Å². The van der Waals surface area contributed by atoms with Gasteiger partial charge in [0.15, 0.2) is 0 Å². The lowest BCUT2D eigenvalue weighted by Gasteiger charge is -2.22. The second kappa shape index (κ2) is 69.1. The Kier molecular flexibility index (Phi) is 71.8. The number of carboxylic acids is 7. The molecule has 3 rings (SSSR count). The maximum atomic E-state index is 11.6. The molecule has 702 valence electrons. The summed E-state index contributed by atoms with van der Waals surface area (Å²) in [5.41, 5.74) is 0. The van der Waals surface area contributed by atoms with Gasteiger partial charge in [0.2, 0.25) is 53.2 Å². The molecule has 3 aliphatic heterocycles. The van der Waals surface area contributed by atoms with E-state index >= 15 is 0 Å². The van der Waals surface area contributed by atoms with Crippen LogP contribution in [0.1, 0.15) is 324 Å². The van der Waals surface area contributed by atoms with E-state index in [4.69, 9.17) is 35.7 Å². The molecule has 0 saturated carbocycles. The Morgan fingerprint density at radius 1 is 0.258 bits per heavy atom. The molecule has 3 heterocycles. The van der Waals surface area contributed by atoms with Crippen LogP contribution < -0.4 is 31.9 Å². The first-order valence-electron chi connectivity index (χ1n) is 42.8. The molecular formula is C88H167N9O23. The zero-order valence-corrected chi connectivity index (χ0v) is 78.0. The van der Waals surface area contributed by atoms with Gasteiger partial charge in [-0.2, -0.15) is 0 Å². The molecule has 0 aromatic rings. The Morgan fingerprint density at radius 3 is 0.600 bits per heavy atom. The number of aliphatic carboxylic acids is 7. The van der Waals surface area contributed by atoms with Gasteiger partial charge in [-0.25, -0.2) is 19.2 Å². The van der Waals surface area contributed by atoms with E-state index in [2.05, 4.69) is 73.4 Å². The SMILES string of the molecule is C.CC(C)CC(=O)N1CCCC1C.CC(C)CC(=O)N1CCC[C@@H]1C(=O)O.CC(C)CC(=O)N1CCC[C@H]1C.CC(C)CC(=O)NC(C)C(=O)O.CC(C)CC(=O)NC(CC(C)C)C(=O)O.CC(C)CC(=O)N[C@@H](C)C(=O)O.CC(C)CC(=O)N[C@@H](CC(C)C)C(=O)O.CC(C)CC(=O)N[C@H](C)C(=O)O.CC(C)CC(=O)N[C@H](CC(C)C)C(=O)O. The van der Waals surface area contributed by atoms with Crippen LogP contribution in [0.15, 0.2) is 0 Å². The number of hydrogen-bond donors (Lipinski definition) is 13. The van der Waals surface area contributed by atoms with Crippen molar-refractivity contribution in [3.05, 3.63) is 0 Å². The van der Waals surface area contributed by atoms with Crippen molar-refractivity contribution in [3.8, 4) is 0 Å². The number of nitrogens with zero attached hydrogens (tertiary/aromatic N) is 3. The Hall–Kier alpha value is -8.48. The first kappa shape index (κ1) is 125. The predicted molar refractivity (Wildman–Crippen MR) is 468 cm³/mol. The largest absolute Gasteiger partial charge is 0.480 e. The summed E-state index contributed by atoms with van der Waals surface area (Å²) in [4.78, 5) is 182. The Balaban J connectivity index is -0.000000240. The number of carbonyl (C=O) groups is 16. The standard InChI is InChI=1S/3C11H21NO3.C10H17NO3.2C10H19NO.3C8H15NO3.CH4/c3*1-7(2)5-9(11(14)15)12-10(13)6-8(3)4;1-7(2)6-9(12)11-5-3-4-8(11)10(13)14;2*1-8(2)7-10(12)11-6-4-5-9(11)3;3*1-5(2)4-7(10)9-6(3)8(11)12;/h3*7-9H,5-6H2,1-4H3,(H,12,13)(H,14,15);7-8H,3-6H2,1-2H3,(H,13,14);2*8-9H,4-7H2,1-3H3;3*5-6H,4H2,1-3H3,(H,9,10)(H,11,12);1H4/t2*9-;;8-;9-;;2*6-;;/m10.11.10../s1. The molecule has 9 amide bonds. The Labute approximate surface area is 719 Å². The minimum absolute atomic E-state index is 0. The molecule has 0 aromatic carbocycles. The minimum Gasteiger partial charge on any atom is -0.480 e. The maximum Gasteiger partial charge on any atom is 0.326 e. The number of carboxylic acid groups (broad SMARTS) is 7. The lowest BCUT2D eigenvalue weighted by atomic mass is 10.0. The number of likely N-dealkylation sites (tertiary alicyclic amines) is 3. The summed E-state index contributed by atoms with van der Waals surface area (Å²) in [6.07, 6.45) is 11.7. The van der Waals surface area contributed by atoms with Gasteiger partial charge in [-0.05, 0) is 163 Å². The van der Waals surface area contributed by atoms with Crippen molar-refractivity contribution in [1.29, 1.82) is 0 Å². The predicted octanol–water partition coefficient (Wildman–Crippen LogP) is 12.6. The van der Waals surface area contributed by atoms with Crippen LogP contribution in [-0.4, -0.2) is 219 Å². The molecule has 0 bridgehead atoms. The molecule has 32 heteroatoms. The van der Waals surface area contributed by atoms with E-state index in [-0.39, 0.29) is 108 Å². The van der Waals surface area contributed by atoms with E-state index in [0.717, 1.165) is 19.5 Å². The highest BCUT2D eigenvalue weighted by molar-refractivity contribution is 5.87. The van der Waals surface area contributed by atoms with Crippen LogP contribution in [0.4, 0.5) is 0 Å². The molecule has 3 unspecified atom stereocenters. The first-order valence-corrected chi connectivity index (χ1v) is 42.8. The summed E-state index contributed by atoms with van der Waals surface area (Å²) in [7, 11) is 0. The lowest BCUT2D eigenvalue weighted by Crippen LogP contribution is -2.41. The highest BCUT2D eigenvalue weighted by Gasteiger charge is 2.34. The number of nitrogens with one attached hydrogen (secondary N) is 6. The van der Waals surface area contributed by atoms with Crippen LogP contribution in [0.5, 0.6) is 0 Å². The average molecular weight is 1720 g/mol. The molecule has 0 spiro atoms. The molecule has 0 radical (unpaired) electrons. The second-order valence-electron chi connectivity index (χ2n) is 36.3. The van der Waals surface area contributed by atoms with Gasteiger partial charge < -0.3 is 82.3 Å². The molecule has 3 aliphatic rings. The Bertz CT molecular complexity index is 2760. The molecule has 0 aromatic heterocycles. The molecule has 32 nitrogen and oxygen atoms in total. The molecule has 3 fully saturated rings. The van der Waals surface area contributed by atoms with Crippen LogP contribution in [0.2, 0.25) is 0 Å². The highest BCUT2D eigenvalue weighted by Crippen LogP contribution is 2.22. The van der Waals surface area contributed by atoms with Crippen LogP contribution in [0, 0.1) is 71.0 Å². The van der Waals surface area contributed by atoms with Crippen molar-refractivity contribution in [2.75, 3.05) is 19.6 Å². The summed E-state index contributed by atoms with van der Waals surface area (Å²) in [5.74, 6) is -3.73. The minimum atomic E-state index is -1.01.